The Labute approximate surface area is 170 Å². The number of phenols is 1. The van der Waals surface area contributed by atoms with Crippen molar-refractivity contribution in [3.05, 3.63) is 58.5 Å². The predicted molar refractivity (Wildman–Crippen MR) is 104 cm³/mol. The summed E-state index contributed by atoms with van der Waals surface area (Å²) in [6.07, 6.45) is 0.589. The summed E-state index contributed by atoms with van der Waals surface area (Å²) >= 11 is 0. The zero-order chi connectivity index (χ0) is 22.3. The predicted octanol–water partition coefficient (Wildman–Crippen LogP) is 5.20. The first-order valence-electron chi connectivity index (χ1n) is 9.32. The molecule has 1 N–H and O–H groups in total. The molecular formula is C22H20F3NO4. The zero-order valence-corrected chi connectivity index (χ0v) is 16.8. The Morgan fingerprint density at radius 3 is 2.40 bits per heavy atom. The van der Waals surface area contributed by atoms with Crippen LogP contribution in [0.4, 0.5) is 13.2 Å². The highest BCUT2D eigenvalue weighted by molar-refractivity contribution is 6.06. The Balaban J connectivity index is 2.38. The minimum absolute atomic E-state index is 0.0454. The summed E-state index contributed by atoms with van der Waals surface area (Å²) in [5.74, 6) is -5.92. The number of hydrogen-bond acceptors (Lipinski definition) is 4. The monoisotopic (exact) mass is 419 g/mol. The fraction of sp³-hybridized carbons (Fsp3) is 0.273. The van der Waals surface area contributed by atoms with Crippen LogP contribution in [0.1, 0.15) is 54.7 Å². The van der Waals surface area contributed by atoms with Crippen molar-refractivity contribution in [3.8, 4) is 11.5 Å². The summed E-state index contributed by atoms with van der Waals surface area (Å²) in [6, 6.07) is 4.10. The highest BCUT2D eigenvalue weighted by Gasteiger charge is 2.28. The van der Waals surface area contributed by atoms with E-state index in [1.165, 1.54) is 13.0 Å². The lowest BCUT2D eigenvalue weighted by Gasteiger charge is -2.14. The van der Waals surface area contributed by atoms with Crippen molar-refractivity contribution in [2.24, 2.45) is 0 Å². The third-order valence-electron chi connectivity index (χ3n) is 5.14. The van der Waals surface area contributed by atoms with Gasteiger partial charge >= 0.3 is 5.97 Å². The van der Waals surface area contributed by atoms with E-state index in [0.717, 1.165) is 29.7 Å². The molecule has 0 bridgehead atoms. The average Bonchev–Trinajstić information content (AvgIpc) is 2.96. The van der Waals surface area contributed by atoms with Crippen LogP contribution in [0.5, 0.6) is 11.5 Å². The minimum atomic E-state index is -1.21. The molecule has 158 valence electrons. The number of carbonyl (C=O) groups excluding carboxylic acids is 2. The van der Waals surface area contributed by atoms with E-state index < -0.39 is 35.1 Å². The summed E-state index contributed by atoms with van der Waals surface area (Å²) in [5, 5.41) is 10.1. The van der Waals surface area contributed by atoms with Crippen molar-refractivity contribution >= 4 is 22.8 Å². The third-order valence-corrected chi connectivity index (χ3v) is 5.14. The molecule has 0 saturated heterocycles. The maximum atomic E-state index is 15.2. The van der Waals surface area contributed by atoms with E-state index in [0.29, 0.717) is 6.42 Å². The number of esters is 1. The number of nitrogens with zero attached hydrogens (tertiary/aromatic N) is 1. The second-order valence-corrected chi connectivity index (χ2v) is 7.11. The van der Waals surface area contributed by atoms with Crippen LogP contribution in [0.15, 0.2) is 24.3 Å². The SMILES string of the molecule is CCC(C)c1cc2c(c(F)c1O)c(OC(C)=O)c(C)n2C(=O)c1ccc(F)c(F)c1. The first-order valence-corrected chi connectivity index (χ1v) is 9.32. The van der Waals surface area contributed by atoms with Gasteiger partial charge in [0.15, 0.2) is 29.0 Å². The number of halogens is 3. The molecule has 8 heteroatoms. The van der Waals surface area contributed by atoms with Crippen molar-refractivity contribution < 1.29 is 32.6 Å². The highest BCUT2D eigenvalue weighted by atomic mass is 19.2. The van der Waals surface area contributed by atoms with Gasteiger partial charge in [0.05, 0.1) is 16.6 Å². The van der Waals surface area contributed by atoms with Crippen LogP contribution in [0.3, 0.4) is 0 Å². The van der Waals surface area contributed by atoms with Gasteiger partial charge < -0.3 is 9.84 Å². The number of aromatic hydroxyl groups is 1. The Morgan fingerprint density at radius 2 is 1.83 bits per heavy atom. The maximum absolute atomic E-state index is 15.2. The van der Waals surface area contributed by atoms with Crippen molar-refractivity contribution in [3.63, 3.8) is 0 Å². The zero-order valence-electron chi connectivity index (χ0n) is 16.8. The number of rotatable bonds is 4. The molecule has 0 saturated carbocycles. The number of phenolic OH excluding ortho intramolecular Hbond substituents is 1. The molecular weight excluding hydrogens is 399 g/mol. The van der Waals surface area contributed by atoms with Gasteiger partial charge in [-0.25, -0.2) is 13.2 Å². The molecule has 0 amide bonds. The number of benzene rings is 2. The van der Waals surface area contributed by atoms with Gasteiger partial charge in [0.2, 0.25) is 0 Å². The van der Waals surface area contributed by atoms with Gasteiger partial charge in [-0.15, -0.1) is 0 Å². The molecule has 0 aliphatic rings. The lowest BCUT2D eigenvalue weighted by atomic mass is 9.96. The molecule has 0 aliphatic carbocycles. The Morgan fingerprint density at radius 1 is 1.17 bits per heavy atom. The molecule has 5 nitrogen and oxygen atoms in total. The molecule has 3 aromatic rings. The third kappa shape index (κ3) is 3.42. The Hall–Kier alpha value is -3.29. The molecule has 0 fully saturated rings. The second kappa shape index (κ2) is 7.85. The molecule has 30 heavy (non-hydrogen) atoms. The van der Waals surface area contributed by atoms with Gasteiger partial charge in [-0.2, -0.15) is 0 Å². The molecule has 2 aromatic carbocycles. The molecule has 1 atom stereocenters. The number of ether oxygens (including phenoxy) is 1. The largest absolute Gasteiger partial charge is 0.505 e. The van der Waals surface area contributed by atoms with Crippen LogP contribution < -0.4 is 4.74 Å². The Bertz CT molecular complexity index is 1180. The van der Waals surface area contributed by atoms with Crippen molar-refractivity contribution in [2.45, 2.75) is 40.0 Å². The number of aromatic nitrogens is 1. The number of carbonyl (C=O) groups is 2. The van der Waals surface area contributed by atoms with Gasteiger partial charge in [0.1, 0.15) is 0 Å². The van der Waals surface area contributed by atoms with Crippen molar-refractivity contribution in [1.29, 1.82) is 0 Å². The van der Waals surface area contributed by atoms with Gasteiger partial charge in [0, 0.05) is 18.1 Å². The first kappa shape index (κ1) is 21.4. The maximum Gasteiger partial charge on any atom is 0.308 e. The standard InChI is InChI=1S/C22H20F3NO4/c1-5-10(2)14-9-17-18(19(25)20(14)28)21(30-12(4)27)11(3)26(17)22(29)13-6-7-15(23)16(24)8-13/h6-10,28H,5H2,1-4H3. The highest BCUT2D eigenvalue weighted by Crippen LogP contribution is 2.42. The van der Waals surface area contributed by atoms with E-state index in [2.05, 4.69) is 0 Å². The number of hydrogen-bond donors (Lipinski definition) is 1. The lowest BCUT2D eigenvalue weighted by Crippen LogP contribution is -2.14. The van der Waals surface area contributed by atoms with Crippen LogP contribution in [0.2, 0.25) is 0 Å². The fourth-order valence-electron chi connectivity index (χ4n) is 3.39. The van der Waals surface area contributed by atoms with Gasteiger partial charge in [-0.3, -0.25) is 14.2 Å². The van der Waals surface area contributed by atoms with E-state index in [4.69, 9.17) is 4.74 Å². The summed E-state index contributed by atoms with van der Waals surface area (Å²) in [5.41, 5.74) is 0.217. The first-order chi connectivity index (χ1) is 14.1. The van der Waals surface area contributed by atoms with Crippen LogP contribution >= 0.6 is 0 Å². The number of fused-ring (bicyclic) bond motifs is 1. The van der Waals surface area contributed by atoms with Crippen molar-refractivity contribution in [1.82, 2.24) is 4.57 Å². The van der Waals surface area contributed by atoms with Gasteiger partial charge in [-0.05, 0) is 43.5 Å². The van der Waals surface area contributed by atoms with Crippen molar-refractivity contribution in [2.75, 3.05) is 0 Å². The fourth-order valence-corrected chi connectivity index (χ4v) is 3.39. The van der Waals surface area contributed by atoms with Crippen LogP contribution in [0.25, 0.3) is 10.9 Å². The minimum Gasteiger partial charge on any atom is -0.505 e. The van der Waals surface area contributed by atoms with E-state index in [1.807, 2.05) is 6.92 Å². The van der Waals surface area contributed by atoms with Crippen LogP contribution in [-0.2, 0) is 4.79 Å². The molecule has 1 aromatic heterocycles. The molecule has 0 radical (unpaired) electrons. The van der Waals surface area contributed by atoms with E-state index in [1.54, 1.807) is 6.92 Å². The lowest BCUT2D eigenvalue weighted by molar-refractivity contribution is -0.131. The average molecular weight is 419 g/mol. The van der Waals surface area contributed by atoms with E-state index >= 15 is 4.39 Å². The van der Waals surface area contributed by atoms with Crippen LogP contribution in [0, 0.1) is 24.4 Å². The van der Waals surface area contributed by atoms with Crippen LogP contribution in [-0.4, -0.2) is 21.6 Å². The van der Waals surface area contributed by atoms with Gasteiger partial charge in [-0.1, -0.05) is 13.8 Å². The van der Waals surface area contributed by atoms with E-state index in [-0.39, 0.29) is 39.4 Å². The smallest absolute Gasteiger partial charge is 0.308 e. The molecule has 0 spiro atoms. The quantitative estimate of drug-likeness (QED) is 0.590. The second-order valence-electron chi connectivity index (χ2n) is 7.11. The summed E-state index contributed by atoms with van der Waals surface area (Å²) in [7, 11) is 0. The molecule has 1 unspecified atom stereocenters. The van der Waals surface area contributed by atoms with Gasteiger partial charge in [0.25, 0.3) is 5.91 Å². The summed E-state index contributed by atoms with van der Waals surface area (Å²) < 4.78 is 48.3. The summed E-state index contributed by atoms with van der Waals surface area (Å²) in [6.45, 7) is 6.18. The normalized spacial score (nSPS) is 12.2. The molecule has 0 aliphatic heterocycles. The van der Waals surface area contributed by atoms with E-state index in [9.17, 15) is 23.5 Å². The summed E-state index contributed by atoms with van der Waals surface area (Å²) in [4.78, 5) is 24.7. The topological polar surface area (TPSA) is 68.5 Å². The molecule has 3 rings (SSSR count). The Kier molecular flexibility index (Phi) is 5.61. The molecule has 1 heterocycles.